The van der Waals surface area contributed by atoms with Crippen LogP contribution in [-0.2, 0) is 4.79 Å². The summed E-state index contributed by atoms with van der Waals surface area (Å²) in [7, 11) is 0. The highest BCUT2D eigenvalue weighted by atomic mass is 16.1. The minimum atomic E-state index is -0.0218. The molecule has 2 nitrogen and oxygen atoms in total. The van der Waals surface area contributed by atoms with Crippen molar-refractivity contribution in [1.82, 2.24) is 0 Å². The Morgan fingerprint density at radius 1 is 1.08 bits per heavy atom. The van der Waals surface area contributed by atoms with Gasteiger partial charge >= 0.3 is 0 Å². The summed E-state index contributed by atoms with van der Waals surface area (Å²) in [6.45, 7) is 6.26. The predicted molar refractivity (Wildman–Crippen MR) is 111 cm³/mol. The highest BCUT2D eigenvalue weighted by Gasteiger charge is 2.35. The standard InChI is InChI=1S/C24H29NO/c1-4-16-24(3)17-10-14-21(23(24)19-11-6-5-7-12-19)20-13-8-9-15-22(20)25-18(2)26/h5-9,11-13,15H,4,10,14,16-17H2,1-3H3,(H,25,26). The Morgan fingerprint density at radius 2 is 1.77 bits per heavy atom. The molecule has 0 bridgehead atoms. The van der Waals surface area contributed by atoms with Crippen molar-refractivity contribution >= 4 is 22.7 Å². The quantitative estimate of drug-likeness (QED) is 0.653. The van der Waals surface area contributed by atoms with Gasteiger partial charge in [0.2, 0.25) is 5.91 Å². The second-order valence-electron chi connectivity index (χ2n) is 7.61. The van der Waals surface area contributed by atoms with Crippen LogP contribution < -0.4 is 5.32 Å². The molecule has 0 aromatic heterocycles. The average molecular weight is 348 g/mol. The highest BCUT2D eigenvalue weighted by Crippen LogP contribution is 2.52. The van der Waals surface area contributed by atoms with Gasteiger partial charge in [0.15, 0.2) is 0 Å². The maximum absolute atomic E-state index is 11.7. The molecule has 0 saturated heterocycles. The van der Waals surface area contributed by atoms with E-state index < -0.39 is 0 Å². The van der Waals surface area contributed by atoms with E-state index in [0.717, 1.165) is 12.1 Å². The second kappa shape index (κ2) is 7.90. The Hall–Kier alpha value is -2.35. The van der Waals surface area contributed by atoms with Crippen LogP contribution in [0.15, 0.2) is 54.6 Å². The SMILES string of the molecule is CCCC1(C)CCCC(c2ccccc2NC(C)=O)=C1c1ccccc1. The van der Waals surface area contributed by atoms with Gasteiger partial charge in [0.1, 0.15) is 0 Å². The normalized spacial score (nSPS) is 20.1. The Labute approximate surface area is 157 Å². The molecule has 0 saturated carbocycles. The number of anilines is 1. The molecule has 26 heavy (non-hydrogen) atoms. The Balaban J connectivity index is 2.24. The van der Waals surface area contributed by atoms with Gasteiger partial charge in [-0.3, -0.25) is 4.79 Å². The van der Waals surface area contributed by atoms with Crippen LogP contribution in [0.2, 0.25) is 0 Å². The van der Waals surface area contributed by atoms with Crippen LogP contribution in [0.4, 0.5) is 5.69 Å². The van der Waals surface area contributed by atoms with Gasteiger partial charge in [-0.2, -0.15) is 0 Å². The van der Waals surface area contributed by atoms with Crippen molar-refractivity contribution in [1.29, 1.82) is 0 Å². The van der Waals surface area contributed by atoms with E-state index >= 15 is 0 Å². The van der Waals surface area contributed by atoms with Crippen molar-refractivity contribution in [3.8, 4) is 0 Å². The van der Waals surface area contributed by atoms with Gasteiger partial charge in [0.05, 0.1) is 0 Å². The number of benzene rings is 2. The van der Waals surface area contributed by atoms with E-state index in [4.69, 9.17) is 0 Å². The lowest BCUT2D eigenvalue weighted by atomic mass is 9.65. The topological polar surface area (TPSA) is 29.1 Å². The molecule has 1 aliphatic carbocycles. The molecule has 2 aromatic rings. The molecular weight excluding hydrogens is 318 g/mol. The third-order valence-corrected chi connectivity index (χ3v) is 5.49. The summed E-state index contributed by atoms with van der Waals surface area (Å²) in [6, 6.07) is 19.0. The van der Waals surface area contributed by atoms with Crippen molar-refractivity contribution in [3.05, 3.63) is 65.7 Å². The van der Waals surface area contributed by atoms with Crippen molar-refractivity contribution in [3.63, 3.8) is 0 Å². The first-order valence-electron chi connectivity index (χ1n) is 9.71. The lowest BCUT2D eigenvalue weighted by Gasteiger charge is -2.39. The predicted octanol–water partition coefficient (Wildman–Crippen LogP) is 6.55. The molecule has 0 radical (unpaired) electrons. The van der Waals surface area contributed by atoms with Gasteiger partial charge in [-0.1, -0.05) is 68.8 Å². The average Bonchev–Trinajstić information content (AvgIpc) is 2.62. The molecule has 1 atom stereocenters. The highest BCUT2D eigenvalue weighted by molar-refractivity contribution is 6.00. The van der Waals surface area contributed by atoms with Crippen LogP contribution in [0.1, 0.15) is 64.0 Å². The molecule has 0 spiro atoms. The molecule has 3 rings (SSSR count). The van der Waals surface area contributed by atoms with Crippen LogP contribution in [0.3, 0.4) is 0 Å². The fraction of sp³-hybridized carbons (Fsp3) is 0.375. The van der Waals surface area contributed by atoms with Gasteiger partial charge in [-0.15, -0.1) is 0 Å². The zero-order valence-corrected chi connectivity index (χ0v) is 16.1. The molecular formula is C24H29NO. The molecule has 2 aromatic carbocycles. The fourth-order valence-electron chi connectivity index (χ4n) is 4.51. The van der Waals surface area contributed by atoms with Crippen LogP contribution in [0, 0.1) is 5.41 Å². The number of carbonyl (C=O) groups excluding carboxylic acids is 1. The number of rotatable bonds is 5. The monoisotopic (exact) mass is 347 g/mol. The van der Waals surface area contributed by atoms with E-state index in [1.807, 2.05) is 12.1 Å². The third-order valence-electron chi connectivity index (χ3n) is 5.49. The number of para-hydroxylation sites is 1. The maximum Gasteiger partial charge on any atom is 0.221 e. The van der Waals surface area contributed by atoms with Gasteiger partial charge in [0, 0.05) is 18.2 Å². The summed E-state index contributed by atoms with van der Waals surface area (Å²) in [5, 5.41) is 3.03. The lowest BCUT2D eigenvalue weighted by molar-refractivity contribution is -0.114. The van der Waals surface area contributed by atoms with E-state index in [0.29, 0.717) is 0 Å². The van der Waals surface area contributed by atoms with E-state index in [1.165, 1.54) is 48.0 Å². The number of nitrogens with one attached hydrogen (secondary N) is 1. The van der Waals surface area contributed by atoms with Crippen molar-refractivity contribution in [2.75, 3.05) is 5.32 Å². The molecule has 1 N–H and O–H groups in total. The fourth-order valence-corrected chi connectivity index (χ4v) is 4.51. The number of hydrogen-bond donors (Lipinski definition) is 1. The first kappa shape index (κ1) is 18.4. The summed E-state index contributed by atoms with van der Waals surface area (Å²) >= 11 is 0. The summed E-state index contributed by atoms with van der Waals surface area (Å²) in [6.07, 6.45) is 5.82. The number of allylic oxidation sites excluding steroid dienone is 2. The largest absolute Gasteiger partial charge is 0.326 e. The Kier molecular flexibility index (Phi) is 5.61. The third kappa shape index (κ3) is 3.75. The first-order valence-corrected chi connectivity index (χ1v) is 9.71. The summed E-state index contributed by atoms with van der Waals surface area (Å²) in [4.78, 5) is 11.7. The minimum absolute atomic E-state index is 0.0218. The van der Waals surface area contributed by atoms with Gasteiger partial charge in [-0.05, 0) is 53.9 Å². The summed E-state index contributed by atoms with van der Waals surface area (Å²) in [5.41, 5.74) is 6.43. The number of carbonyl (C=O) groups is 1. The molecule has 2 heteroatoms. The zero-order chi connectivity index (χ0) is 18.6. The van der Waals surface area contributed by atoms with E-state index in [9.17, 15) is 4.79 Å². The van der Waals surface area contributed by atoms with Crippen LogP contribution in [0.25, 0.3) is 11.1 Å². The molecule has 0 aliphatic heterocycles. The second-order valence-corrected chi connectivity index (χ2v) is 7.61. The van der Waals surface area contributed by atoms with Gasteiger partial charge in [0.25, 0.3) is 0 Å². The van der Waals surface area contributed by atoms with E-state index in [2.05, 4.69) is 61.6 Å². The molecule has 1 unspecified atom stereocenters. The molecule has 0 fully saturated rings. The van der Waals surface area contributed by atoms with Crippen LogP contribution in [0.5, 0.6) is 0 Å². The van der Waals surface area contributed by atoms with Gasteiger partial charge < -0.3 is 5.32 Å². The summed E-state index contributed by atoms with van der Waals surface area (Å²) < 4.78 is 0. The van der Waals surface area contributed by atoms with Crippen molar-refractivity contribution in [2.24, 2.45) is 5.41 Å². The number of hydrogen-bond acceptors (Lipinski definition) is 1. The molecule has 1 amide bonds. The van der Waals surface area contributed by atoms with Gasteiger partial charge in [-0.25, -0.2) is 0 Å². The molecule has 1 aliphatic rings. The Bertz CT molecular complexity index is 806. The number of amides is 1. The summed E-state index contributed by atoms with van der Waals surface area (Å²) in [5.74, 6) is -0.0218. The lowest BCUT2D eigenvalue weighted by Crippen LogP contribution is -2.23. The van der Waals surface area contributed by atoms with Crippen LogP contribution >= 0.6 is 0 Å². The first-order chi connectivity index (χ1) is 12.5. The van der Waals surface area contributed by atoms with Crippen molar-refractivity contribution < 1.29 is 4.79 Å². The Morgan fingerprint density at radius 3 is 2.46 bits per heavy atom. The molecule has 0 heterocycles. The van der Waals surface area contributed by atoms with Crippen molar-refractivity contribution in [2.45, 2.75) is 52.9 Å². The maximum atomic E-state index is 11.7. The minimum Gasteiger partial charge on any atom is -0.326 e. The molecule has 136 valence electrons. The van der Waals surface area contributed by atoms with Crippen LogP contribution in [-0.4, -0.2) is 5.91 Å². The smallest absolute Gasteiger partial charge is 0.221 e. The zero-order valence-electron chi connectivity index (χ0n) is 16.1. The van der Waals surface area contributed by atoms with E-state index in [1.54, 1.807) is 6.92 Å². The van der Waals surface area contributed by atoms with E-state index in [-0.39, 0.29) is 11.3 Å².